The Kier molecular flexibility index (Phi) is 6.44. The Bertz CT molecular complexity index is 1060. The Hall–Kier alpha value is -3.84. The summed E-state index contributed by atoms with van der Waals surface area (Å²) in [6.07, 6.45) is 1.56. The van der Waals surface area contributed by atoms with Gasteiger partial charge in [-0.2, -0.15) is 5.26 Å². The summed E-state index contributed by atoms with van der Waals surface area (Å²) in [6.45, 7) is 2.46. The molecule has 0 aliphatic carbocycles. The number of rotatable bonds is 7. The van der Waals surface area contributed by atoms with E-state index in [9.17, 15) is 10.1 Å². The lowest BCUT2D eigenvalue weighted by Crippen LogP contribution is -2.01. The first kappa shape index (κ1) is 19.9. The Labute approximate surface area is 170 Å². The van der Waals surface area contributed by atoms with Crippen LogP contribution in [0.4, 0.5) is 0 Å². The molecular formula is C25H21NO3. The van der Waals surface area contributed by atoms with Crippen LogP contribution in [-0.4, -0.2) is 12.9 Å². The number of carbonyl (C=O) groups excluding carboxylic acids is 1. The van der Waals surface area contributed by atoms with Gasteiger partial charge < -0.3 is 9.47 Å². The van der Waals surface area contributed by atoms with E-state index >= 15 is 0 Å². The minimum atomic E-state index is -0.313. The third-order valence-electron chi connectivity index (χ3n) is 4.41. The summed E-state index contributed by atoms with van der Waals surface area (Å²) in [4.78, 5) is 12.5. The Balaban J connectivity index is 1.80. The molecule has 4 heteroatoms. The molecule has 0 unspecified atom stereocenters. The summed E-state index contributed by atoms with van der Waals surface area (Å²) in [5, 5.41) is 9.43. The van der Waals surface area contributed by atoms with Crippen LogP contribution in [0.5, 0.6) is 11.5 Å². The molecule has 3 aromatic carbocycles. The Morgan fingerprint density at radius 2 is 1.72 bits per heavy atom. The van der Waals surface area contributed by atoms with E-state index in [0.717, 1.165) is 5.56 Å². The smallest absolute Gasteiger partial charge is 0.203 e. The standard InChI is InChI=1S/C25H21NO3/c1-18-8-10-19(11-9-18)17-29-23-13-12-20(15-24(23)28-2)14-22(16-26)25(27)21-6-4-3-5-7-21/h3-15H,17H2,1-2H3/b22-14+. The third-order valence-corrected chi connectivity index (χ3v) is 4.41. The van der Waals surface area contributed by atoms with Crippen molar-refractivity contribution < 1.29 is 14.3 Å². The predicted octanol–water partition coefficient (Wildman–Crippen LogP) is 5.37. The molecule has 29 heavy (non-hydrogen) atoms. The van der Waals surface area contributed by atoms with Crippen LogP contribution in [0.15, 0.2) is 78.4 Å². The first-order valence-electron chi connectivity index (χ1n) is 9.18. The highest BCUT2D eigenvalue weighted by Crippen LogP contribution is 2.30. The first-order chi connectivity index (χ1) is 14.1. The van der Waals surface area contributed by atoms with Crippen LogP contribution >= 0.6 is 0 Å². The maximum atomic E-state index is 12.5. The summed E-state index contributed by atoms with van der Waals surface area (Å²) in [5.41, 5.74) is 3.48. The molecule has 0 heterocycles. The normalized spacial score (nSPS) is 10.9. The van der Waals surface area contributed by atoms with E-state index in [2.05, 4.69) is 0 Å². The molecule has 0 atom stereocenters. The summed E-state index contributed by atoms with van der Waals surface area (Å²) in [7, 11) is 1.56. The van der Waals surface area contributed by atoms with E-state index in [1.165, 1.54) is 5.56 Å². The van der Waals surface area contributed by atoms with Crippen LogP contribution in [0.3, 0.4) is 0 Å². The lowest BCUT2D eigenvalue weighted by Gasteiger charge is -2.12. The van der Waals surface area contributed by atoms with Gasteiger partial charge >= 0.3 is 0 Å². The number of ketones is 1. The maximum Gasteiger partial charge on any atom is 0.203 e. The number of aryl methyl sites for hydroxylation is 1. The van der Waals surface area contributed by atoms with Crippen LogP contribution < -0.4 is 9.47 Å². The quantitative estimate of drug-likeness (QED) is 0.312. The second-order valence-corrected chi connectivity index (χ2v) is 6.55. The first-order valence-corrected chi connectivity index (χ1v) is 9.18. The van der Waals surface area contributed by atoms with Gasteiger partial charge in [-0.1, -0.05) is 66.2 Å². The van der Waals surface area contributed by atoms with Crippen LogP contribution in [0.25, 0.3) is 6.08 Å². The molecular weight excluding hydrogens is 362 g/mol. The molecule has 0 aliphatic heterocycles. The lowest BCUT2D eigenvalue weighted by molar-refractivity contribution is 0.104. The van der Waals surface area contributed by atoms with Crippen LogP contribution in [0, 0.1) is 18.3 Å². The second kappa shape index (κ2) is 9.38. The number of nitriles is 1. The molecule has 0 radical (unpaired) electrons. The molecule has 0 aliphatic rings. The summed E-state index contributed by atoms with van der Waals surface area (Å²) in [6, 6.07) is 24.2. The minimum Gasteiger partial charge on any atom is -0.493 e. The van der Waals surface area contributed by atoms with Crippen molar-refractivity contribution in [2.75, 3.05) is 7.11 Å². The average molecular weight is 383 g/mol. The van der Waals surface area contributed by atoms with Crippen molar-refractivity contribution in [2.24, 2.45) is 0 Å². The van der Waals surface area contributed by atoms with Gasteiger partial charge in [-0.05, 0) is 36.3 Å². The highest BCUT2D eigenvalue weighted by Gasteiger charge is 2.13. The maximum absolute atomic E-state index is 12.5. The molecule has 4 nitrogen and oxygen atoms in total. The number of benzene rings is 3. The number of carbonyl (C=O) groups is 1. The zero-order valence-corrected chi connectivity index (χ0v) is 16.4. The fourth-order valence-electron chi connectivity index (χ4n) is 2.80. The fourth-order valence-corrected chi connectivity index (χ4v) is 2.80. The summed E-state index contributed by atoms with van der Waals surface area (Å²) < 4.78 is 11.3. The SMILES string of the molecule is COc1cc(/C=C(\C#N)C(=O)c2ccccc2)ccc1OCc1ccc(C)cc1. The van der Waals surface area contributed by atoms with Gasteiger partial charge in [-0.3, -0.25) is 4.79 Å². The molecule has 3 rings (SSSR count). The molecule has 0 bridgehead atoms. The number of allylic oxidation sites excluding steroid dienone is 1. The highest BCUT2D eigenvalue weighted by molar-refractivity contribution is 6.14. The van der Waals surface area contributed by atoms with Gasteiger partial charge in [-0.15, -0.1) is 0 Å². The molecule has 3 aromatic rings. The van der Waals surface area contributed by atoms with Gasteiger partial charge in [0.1, 0.15) is 18.2 Å². The molecule has 0 saturated heterocycles. The number of hydrogen-bond donors (Lipinski definition) is 0. The van der Waals surface area contributed by atoms with Crippen LogP contribution in [0.1, 0.15) is 27.0 Å². The Morgan fingerprint density at radius 1 is 1.00 bits per heavy atom. The van der Waals surface area contributed by atoms with E-state index in [1.54, 1.807) is 55.7 Å². The zero-order valence-electron chi connectivity index (χ0n) is 16.4. The molecule has 0 fully saturated rings. The monoisotopic (exact) mass is 383 g/mol. The number of methoxy groups -OCH3 is 1. The molecule has 0 N–H and O–H groups in total. The van der Waals surface area contributed by atoms with Gasteiger partial charge in [-0.25, -0.2) is 0 Å². The molecule has 0 spiro atoms. The third kappa shape index (κ3) is 5.12. The number of ether oxygens (including phenoxy) is 2. The number of Topliss-reactive ketones (excluding diaryl/α,β-unsaturated/α-hetero) is 1. The topological polar surface area (TPSA) is 59.3 Å². The number of hydrogen-bond acceptors (Lipinski definition) is 4. The van der Waals surface area contributed by atoms with Gasteiger partial charge in [0.15, 0.2) is 11.5 Å². The molecule has 144 valence electrons. The van der Waals surface area contributed by atoms with Crippen molar-refractivity contribution in [1.29, 1.82) is 5.26 Å². The van der Waals surface area contributed by atoms with E-state index in [4.69, 9.17) is 9.47 Å². The van der Waals surface area contributed by atoms with Crippen molar-refractivity contribution in [3.05, 3.63) is 101 Å². The number of nitrogens with zero attached hydrogens (tertiary/aromatic N) is 1. The minimum absolute atomic E-state index is 0.0616. The van der Waals surface area contributed by atoms with E-state index < -0.39 is 0 Å². The predicted molar refractivity (Wildman–Crippen MR) is 113 cm³/mol. The highest BCUT2D eigenvalue weighted by atomic mass is 16.5. The molecule has 0 saturated carbocycles. The molecule has 0 aromatic heterocycles. The van der Waals surface area contributed by atoms with Crippen molar-refractivity contribution in [1.82, 2.24) is 0 Å². The van der Waals surface area contributed by atoms with Crippen LogP contribution in [0.2, 0.25) is 0 Å². The summed E-state index contributed by atoms with van der Waals surface area (Å²) >= 11 is 0. The van der Waals surface area contributed by atoms with Crippen molar-refractivity contribution >= 4 is 11.9 Å². The van der Waals surface area contributed by atoms with Crippen molar-refractivity contribution in [3.63, 3.8) is 0 Å². The van der Waals surface area contributed by atoms with Gasteiger partial charge in [0, 0.05) is 5.56 Å². The largest absolute Gasteiger partial charge is 0.493 e. The van der Waals surface area contributed by atoms with Crippen LogP contribution in [-0.2, 0) is 6.61 Å². The van der Waals surface area contributed by atoms with Gasteiger partial charge in [0.05, 0.1) is 7.11 Å². The Morgan fingerprint density at radius 3 is 2.38 bits per heavy atom. The second-order valence-electron chi connectivity index (χ2n) is 6.55. The summed E-state index contributed by atoms with van der Waals surface area (Å²) in [5.74, 6) is 0.820. The van der Waals surface area contributed by atoms with Crippen molar-refractivity contribution in [2.45, 2.75) is 13.5 Å². The lowest BCUT2D eigenvalue weighted by atomic mass is 10.0. The molecule has 0 amide bonds. The average Bonchev–Trinajstić information content (AvgIpc) is 2.77. The van der Waals surface area contributed by atoms with Crippen molar-refractivity contribution in [3.8, 4) is 17.6 Å². The van der Waals surface area contributed by atoms with E-state index in [0.29, 0.717) is 29.2 Å². The zero-order chi connectivity index (χ0) is 20.6. The van der Waals surface area contributed by atoms with E-state index in [1.807, 2.05) is 43.3 Å². The fraction of sp³-hybridized carbons (Fsp3) is 0.120. The van der Waals surface area contributed by atoms with E-state index in [-0.39, 0.29) is 11.4 Å². The van der Waals surface area contributed by atoms with Gasteiger partial charge in [0.25, 0.3) is 0 Å². The van der Waals surface area contributed by atoms with Gasteiger partial charge in [0.2, 0.25) is 5.78 Å².